The molecule has 66 valence electrons. The van der Waals surface area contributed by atoms with Crippen molar-refractivity contribution in [1.29, 1.82) is 5.26 Å². The van der Waals surface area contributed by atoms with E-state index in [2.05, 4.69) is 0 Å². The minimum absolute atomic E-state index is 0. The molecule has 0 aliphatic rings. The second-order valence-electron chi connectivity index (χ2n) is 2.45. The summed E-state index contributed by atoms with van der Waals surface area (Å²) in [4.78, 5) is 10.3. The van der Waals surface area contributed by atoms with Gasteiger partial charge in [-0.3, -0.25) is 4.79 Å². The Hall–Kier alpha value is -0.500. The molecule has 0 bridgehead atoms. The van der Waals surface area contributed by atoms with Crippen molar-refractivity contribution in [3.8, 4) is 6.07 Å². The fraction of sp³-hybridized carbons (Fsp3) is 0.250. The summed E-state index contributed by atoms with van der Waals surface area (Å²) in [6.45, 7) is 0. The van der Waals surface area contributed by atoms with Gasteiger partial charge >= 0.3 is 43.7 Å². The molecular weight excluding hydrogens is 196 g/mol. The van der Waals surface area contributed by atoms with Gasteiger partial charge in [0.05, 0.1) is 6.42 Å². The van der Waals surface area contributed by atoms with E-state index in [0.29, 0.717) is 11.4 Å². The second-order valence-corrected chi connectivity index (χ2v) is 2.45. The zero-order valence-electron chi connectivity index (χ0n) is 9.32. The molecule has 1 rings (SSSR count). The number of rotatable bonds is 2. The Bertz CT molecular complexity index is 360. The van der Waals surface area contributed by atoms with Crippen LogP contribution in [0.15, 0.2) is 12.1 Å². The molecule has 0 fully saturated rings. The molecule has 1 N–H and O–H groups in total. The van der Waals surface area contributed by atoms with E-state index in [1.807, 2.05) is 6.07 Å². The van der Waals surface area contributed by atoms with Gasteiger partial charge in [0.15, 0.2) is 0 Å². The van der Waals surface area contributed by atoms with Crippen LogP contribution in [0.5, 0.6) is 0 Å². The molecule has 0 aliphatic carbocycles. The van der Waals surface area contributed by atoms with Crippen molar-refractivity contribution in [2.24, 2.45) is 7.05 Å². The van der Waals surface area contributed by atoms with Crippen LogP contribution in [0.3, 0.4) is 0 Å². The fourth-order valence-electron chi connectivity index (χ4n) is 0.998. The molecule has 0 saturated carbocycles. The topological polar surface area (TPSA) is 66.0 Å². The van der Waals surface area contributed by atoms with Gasteiger partial charge in [-0.2, -0.15) is 5.26 Å². The molecule has 1 aromatic rings. The summed E-state index contributed by atoms with van der Waals surface area (Å²) in [5.41, 5.74) is 1.12. The first kappa shape index (κ1) is 12.5. The number of carboxylic acids is 1. The van der Waals surface area contributed by atoms with Crippen LogP contribution >= 0.6 is 0 Å². The quantitative estimate of drug-likeness (QED) is 0.711. The van der Waals surface area contributed by atoms with Gasteiger partial charge in [0.25, 0.3) is 0 Å². The number of nitriles is 1. The third-order valence-electron chi connectivity index (χ3n) is 1.67. The van der Waals surface area contributed by atoms with Gasteiger partial charge in [0.2, 0.25) is 0 Å². The molecule has 0 amide bonds. The van der Waals surface area contributed by atoms with E-state index in [0.717, 1.165) is 0 Å². The van der Waals surface area contributed by atoms with Crippen molar-refractivity contribution in [2.75, 3.05) is 0 Å². The largest absolute Gasteiger partial charge is 2.00 e. The minimum atomic E-state index is -0.888. The van der Waals surface area contributed by atoms with E-state index in [4.69, 9.17) is 10.4 Å². The van der Waals surface area contributed by atoms with Crippen LogP contribution in [0.1, 0.15) is 14.2 Å². The Morgan fingerprint density at radius 2 is 2.38 bits per heavy atom. The number of hydrogen-bond acceptors (Lipinski definition) is 2. The number of hydrogen-bond donors (Lipinski definition) is 1. The summed E-state index contributed by atoms with van der Waals surface area (Å²) in [7, 11) is 1.68. The van der Waals surface area contributed by atoms with Gasteiger partial charge in [-0.15, -0.1) is 0 Å². The van der Waals surface area contributed by atoms with E-state index in [9.17, 15) is 4.79 Å². The molecule has 0 aliphatic heterocycles. The molecule has 13 heavy (non-hydrogen) atoms. The van der Waals surface area contributed by atoms with Crippen molar-refractivity contribution in [2.45, 2.75) is 6.42 Å². The Morgan fingerprint density at radius 1 is 1.77 bits per heavy atom. The summed E-state index contributed by atoms with van der Waals surface area (Å²) in [5, 5.41) is 17.0. The molecule has 4 nitrogen and oxygen atoms in total. The third-order valence-corrected chi connectivity index (χ3v) is 1.67. The van der Waals surface area contributed by atoms with Gasteiger partial charge in [-0.1, -0.05) is 0 Å². The summed E-state index contributed by atoms with van der Waals surface area (Å²) < 4.78 is 1.58. The van der Waals surface area contributed by atoms with Crippen molar-refractivity contribution < 1.29 is 12.8 Å². The Morgan fingerprint density at radius 3 is 2.77 bits per heavy atom. The molecular formula is C8H10CaN2O2. The first-order chi connectivity index (χ1) is 5.65. The van der Waals surface area contributed by atoms with Gasteiger partial charge in [0.1, 0.15) is 11.8 Å². The minimum Gasteiger partial charge on any atom is -1.00 e. The SMILES string of the molecule is Cn1c(C#N)ccc1CC(=O)O.[Ca+2].[H-].[H-]. The predicted octanol–water partition coefficient (Wildman–Crippen LogP) is 0.368. The molecule has 0 atom stereocenters. The predicted molar refractivity (Wildman–Crippen MR) is 49.4 cm³/mol. The van der Waals surface area contributed by atoms with Crippen LogP contribution in [-0.4, -0.2) is 53.4 Å². The molecule has 0 saturated heterocycles. The number of carboxylic acid groups (broad SMARTS) is 1. The Labute approximate surface area is 109 Å². The first-order valence-electron chi connectivity index (χ1n) is 3.41. The number of aliphatic carboxylic acids is 1. The molecule has 5 heteroatoms. The first-order valence-corrected chi connectivity index (χ1v) is 3.41. The van der Waals surface area contributed by atoms with E-state index < -0.39 is 5.97 Å². The fourth-order valence-corrected chi connectivity index (χ4v) is 0.998. The van der Waals surface area contributed by atoms with E-state index >= 15 is 0 Å². The maximum atomic E-state index is 10.3. The molecule has 1 heterocycles. The maximum Gasteiger partial charge on any atom is 2.00 e. The van der Waals surface area contributed by atoms with Crippen LogP contribution in [-0.2, 0) is 18.3 Å². The van der Waals surface area contributed by atoms with Gasteiger partial charge in [-0.05, 0) is 12.1 Å². The average Bonchev–Trinajstić information content (AvgIpc) is 2.32. The molecule has 1 aromatic heterocycles. The Balaban J connectivity index is -0.000000480. The summed E-state index contributed by atoms with van der Waals surface area (Å²) in [5.74, 6) is -0.888. The third kappa shape index (κ3) is 3.03. The zero-order chi connectivity index (χ0) is 9.14. The van der Waals surface area contributed by atoms with Crippen molar-refractivity contribution in [3.05, 3.63) is 23.5 Å². The molecule has 0 spiro atoms. The zero-order valence-corrected chi connectivity index (χ0v) is 9.53. The number of nitrogens with zero attached hydrogens (tertiary/aromatic N) is 2. The van der Waals surface area contributed by atoms with Gasteiger partial charge < -0.3 is 12.5 Å². The number of carbonyl (C=O) groups is 1. The Kier molecular flexibility index (Phi) is 5.07. The molecule has 0 unspecified atom stereocenters. The number of aromatic nitrogens is 1. The van der Waals surface area contributed by atoms with Crippen LogP contribution in [0.2, 0.25) is 0 Å². The monoisotopic (exact) mass is 206 g/mol. The summed E-state index contributed by atoms with van der Waals surface area (Å²) in [6.07, 6.45) is -0.0435. The smallest absolute Gasteiger partial charge is 1.00 e. The van der Waals surface area contributed by atoms with Crippen LogP contribution in [0.4, 0.5) is 0 Å². The van der Waals surface area contributed by atoms with Crippen molar-refractivity contribution in [1.82, 2.24) is 4.57 Å². The molecule has 0 radical (unpaired) electrons. The van der Waals surface area contributed by atoms with Crippen molar-refractivity contribution in [3.63, 3.8) is 0 Å². The van der Waals surface area contributed by atoms with E-state index in [1.165, 1.54) is 0 Å². The van der Waals surface area contributed by atoms with Crippen molar-refractivity contribution >= 4 is 43.7 Å². The summed E-state index contributed by atoms with van der Waals surface area (Å²) >= 11 is 0. The van der Waals surface area contributed by atoms with Gasteiger partial charge in [0, 0.05) is 12.7 Å². The molecule has 0 aromatic carbocycles. The normalized spacial score (nSPS) is 8.62. The maximum absolute atomic E-state index is 10.3. The standard InChI is InChI=1S/C8H8N2O2.Ca.2H/c1-10-6(4-8(11)12)2-3-7(10)5-9;;;/h2-3H,4H2,1H3,(H,11,12);;;/q;+2;2*-1. The average molecular weight is 206 g/mol. The van der Waals surface area contributed by atoms with E-state index in [-0.39, 0.29) is 47.0 Å². The second kappa shape index (κ2) is 5.28. The summed E-state index contributed by atoms with van der Waals surface area (Å²) in [6, 6.07) is 5.21. The van der Waals surface area contributed by atoms with Gasteiger partial charge in [-0.25, -0.2) is 0 Å². The van der Waals surface area contributed by atoms with Crippen LogP contribution in [0.25, 0.3) is 0 Å². The van der Waals surface area contributed by atoms with E-state index in [1.54, 1.807) is 23.7 Å². The van der Waals surface area contributed by atoms with Crippen LogP contribution in [0, 0.1) is 11.3 Å². The van der Waals surface area contributed by atoms with Crippen LogP contribution < -0.4 is 0 Å².